The Morgan fingerprint density at radius 1 is 1.18 bits per heavy atom. The standard InChI is InChI=1S/C20H18ClFN2O3S/c21-16-10-15(22)3-1-14(16)11-24-17-9-13(2-4-18(17)28-12-19(24)25)20(26)23-5-7-27-8-6-23/h1-4,9-10H,5-8,11-12H2. The first-order chi connectivity index (χ1) is 13.5. The number of halogens is 2. The maximum absolute atomic E-state index is 13.3. The van der Waals surface area contributed by atoms with Crippen LogP contribution >= 0.6 is 23.4 Å². The van der Waals surface area contributed by atoms with Crippen molar-refractivity contribution >= 4 is 40.9 Å². The summed E-state index contributed by atoms with van der Waals surface area (Å²) in [6, 6.07) is 9.56. The van der Waals surface area contributed by atoms with Crippen molar-refractivity contribution < 1.29 is 18.7 Å². The number of thioether (sulfide) groups is 1. The highest BCUT2D eigenvalue weighted by molar-refractivity contribution is 8.00. The lowest BCUT2D eigenvalue weighted by molar-refractivity contribution is -0.116. The Labute approximate surface area is 171 Å². The van der Waals surface area contributed by atoms with Crippen LogP contribution in [0.1, 0.15) is 15.9 Å². The van der Waals surface area contributed by atoms with E-state index in [-0.39, 0.29) is 23.4 Å². The lowest BCUT2D eigenvalue weighted by Crippen LogP contribution is -2.41. The molecule has 0 aliphatic carbocycles. The Morgan fingerprint density at radius 2 is 1.96 bits per heavy atom. The molecule has 1 saturated heterocycles. The minimum Gasteiger partial charge on any atom is -0.378 e. The molecule has 0 bridgehead atoms. The average molecular weight is 421 g/mol. The molecule has 0 N–H and O–H groups in total. The summed E-state index contributed by atoms with van der Waals surface area (Å²) in [4.78, 5) is 29.7. The van der Waals surface area contributed by atoms with Crippen LogP contribution in [-0.2, 0) is 16.1 Å². The van der Waals surface area contributed by atoms with E-state index in [0.717, 1.165) is 4.90 Å². The molecule has 5 nitrogen and oxygen atoms in total. The third kappa shape index (κ3) is 3.87. The van der Waals surface area contributed by atoms with Crippen molar-refractivity contribution in [2.75, 3.05) is 37.0 Å². The maximum Gasteiger partial charge on any atom is 0.254 e. The summed E-state index contributed by atoms with van der Waals surface area (Å²) in [7, 11) is 0. The number of benzene rings is 2. The monoisotopic (exact) mass is 420 g/mol. The van der Waals surface area contributed by atoms with Crippen LogP contribution in [0.15, 0.2) is 41.3 Å². The van der Waals surface area contributed by atoms with Crippen molar-refractivity contribution in [2.45, 2.75) is 11.4 Å². The molecule has 2 aliphatic heterocycles. The normalized spacial score (nSPS) is 16.9. The van der Waals surface area contributed by atoms with E-state index < -0.39 is 5.82 Å². The summed E-state index contributed by atoms with van der Waals surface area (Å²) in [6.07, 6.45) is 0. The molecule has 8 heteroatoms. The van der Waals surface area contributed by atoms with Crippen LogP contribution in [0.5, 0.6) is 0 Å². The average Bonchev–Trinajstić information content (AvgIpc) is 2.71. The quantitative estimate of drug-likeness (QED) is 0.761. The van der Waals surface area contributed by atoms with E-state index >= 15 is 0 Å². The molecule has 4 rings (SSSR count). The number of carbonyl (C=O) groups excluding carboxylic acids is 2. The van der Waals surface area contributed by atoms with Crippen LogP contribution in [0.4, 0.5) is 10.1 Å². The number of fused-ring (bicyclic) bond motifs is 1. The number of ether oxygens (including phenoxy) is 1. The number of amides is 2. The molecule has 2 amide bonds. The van der Waals surface area contributed by atoms with Gasteiger partial charge in [0, 0.05) is 28.6 Å². The zero-order valence-corrected chi connectivity index (χ0v) is 16.6. The van der Waals surface area contributed by atoms with Crippen LogP contribution in [0, 0.1) is 5.82 Å². The summed E-state index contributed by atoms with van der Waals surface area (Å²) >= 11 is 7.60. The molecule has 2 heterocycles. The Bertz CT molecular complexity index is 934. The minimum atomic E-state index is -0.423. The Balaban J connectivity index is 1.65. The van der Waals surface area contributed by atoms with Crippen molar-refractivity contribution in [1.29, 1.82) is 0 Å². The van der Waals surface area contributed by atoms with E-state index in [1.54, 1.807) is 28.0 Å². The second-order valence-electron chi connectivity index (χ2n) is 6.59. The summed E-state index contributed by atoms with van der Waals surface area (Å²) in [5, 5.41) is 0.271. The fraction of sp³-hybridized carbons (Fsp3) is 0.300. The van der Waals surface area contributed by atoms with Crippen molar-refractivity contribution in [3.63, 3.8) is 0 Å². The number of carbonyl (C=O) groups is 2. The number of nitrogens with zero attached hydrogens (tertiary/aromatic N) is 2. The van der Waals surface area contributed by atoms with Gasteiger partial charge in [0.15, 0.2) is 0 Å². The van der Waals surface area contributed by atoms with Gasteiger partial charge >= 0.3 is 0 Å². The second-order valence-corrected chi connectivity index (χ2v) is 8.02. The van der Waals surface area contributed by atoms with Crippen LogP contribution in [0.25, 0.3) is 0 Å². The number of anilines is 1. The first kappa shape index (κ1) is 19.2. The van der Waals surface area contributed by atoms with Gasteiger partial charge in [-0.1, -0.05) is 17.7 Å². The molecule has 0 atom stereocenters. The smallest absolute Gasteiger partial charge is 0.254 e. The molecule has 0 saturated carbocycles. The van der Waals surface area contributed by atoms with Gasteiger partial charge in [-0.05, 0) is 35.9 Å². The Morgan fingerprint density at radius 3 is 2.71 bits per heavy atom. The first-order valence-corrected chi connectivity index (χ1v) is 10.3. The molecule has 146 valence electrons. The van der Waals surface area contributed by atoms with Crippen molar-refractivity contribution in [3.8, 4) is 0 Å². The van der Waals surface area contributed by atoms with Gasteiger partial charge in [0.2, 0.25) is 5.91 Å². The number of rotatable bonds is 3. The predicted molar refractivity (Wildman–Crippen MR) is 106 cm³/mol. The predicted octanol–water partition coefficient (Wildman–Crippen LogP) is 3.59. The zero-order chi connectivity index (χ0) is 19.7. The van der Waals surface area contributed by atoms with Gasteiger partial charge in [-0.25, -0.2) is 4.39 Å². The fourth-order valence-corrected chi connectivity index (χ4v) is 4.42. The molecule has 1 fully saturated rings. The van der Waals surface area contributed by atoms with E-state index in [4.69, 9.17) is 16.3 Å². The summed E-state index contributed by atoms with van der Waals surface area (Å²) in [6.45, 7) is 2.39. The molecule has 0 radical (unpaired) electrons. The Hall–Kier alpha value is -2.09. The van der Waals surface area contributed by atoms with E-state index in [0.29, 0.717) is 48.9 Å². The van der Waals surface area contributed by atoms with Crippen molar-refractivity contribution in [2.24, 2.45) is 0 Å². The first-order valence-electron chi connectivity index (χ1n) is 8.91. The number of hydrogen-bond acceptors (Lipinski definition) is 4. The third-order valence-corrected chi connectivity index (χ3v) is 6.19. The molecule has 0 unspecified atom stereocenters. The molecule has 0 aromatic heterocycles. The molecule has 2 aliphatic rings. The van der Waals surface area contributed by atoms with Crippen LogP contribution in [-0.4, -0.2) is 48.8 Å². The SMILES string of the molecule is O=C(c1ccc2c(c1)N(Cc1ccc(F)cc1Cl)C(=O)CS2)N1CCOCC1. The van der Waals surface area contributed by atoms with Crippen LogP contribution in [0.2, 0.25) is 5.02 Å². The molecule has 0 spiro atoms. The zero-order valence-electron chi connectivity index (χ0n) is 15.0. The molecule has 2 aromatic carbocycles. The highest BCUT2D eigenvalue weighted by Gasteiger charge is 2.27. The molecular formula is C20H18ClFN2O3S. The van der Waals surface area contributed by atoms with E-state index in [9.17, 15) is 14.0 Å². The third-order valence-electron chi connectivity index (χ3n) is 4.79. The largest absolute Gasteiger partial charge is 0.378 e. The van der Waals surface area contributed by atoms with Gasteiger partial charge in [-0.3, -0.25) is 9.59 Å². The summed E-state index contributed by atoms with van der Waals surface area (Å²) in [5.74, 6) is -0.265. The topological polar surface area (TPSA) is 49.9 Å². The van der Waals surface area contributed by atoms with E-state index in [2.05, 4.69) is 0 Å². The molecule has 28 heavy (non-hydrogen) atoms. The number of hydrogen-bond donors (Lipinski definition) is 0. The lowest BCUT2D eigenvalue weighted by atomic mass is 10.1. The van der Waals surface area contributed by atoms with E-state index in [1.165, 1.54) is 23.9 Å². The summed E-state index contributed by atoms with van der Waals surface area (Å²) in [5.41, 5.74) is 1.87. The Kier molecular flexibility index (Phi) is 5.57. The van der Waals surface area contributed by atoms with Crippen molar-refractivity contribution in [3.05, 3.63) is 58.4 Å². The van der Waals surface area contributed by atoms with Gasteiger partial charge in [-0.15, -0.1) is 11.8 Å². The molecule has 2 aromatic rings. The fourth-order valence-electron chi connectivity index (χ4n) is 3.28. The lowest BCUT2D eigenvalue weighted by Gasteiger charge is -2.31. The minimum absolute atomic E-state index is 0.0751. The second kappa shape index (κ2) is 8.11. The highest BCUT2D eigenvalue weighted by Crippen LogP contribution is 2.37. The van der Waals surface area contributed by atoms with Crippen LogP contribution < -0.4 is 4.90 Å². The van der Waals surface area contributed by atoms with E-state index in [1.807, 2.05) is 6.07 Å². The summed E-state index contributed by atoms with van der Waals surface area (Å²) < 4.78 is 18.6. The maximum atomic E-state index is 13.3. The van der Waals surface area contributed by atoms with Gasteiger partial charge in [0.05, 0.1) is 31.2 Å². The molecular weight excluding hydrogens is 403 g/mol. The van der Waals surface area contributed by atoms with Crippen molar-refractivity contribution in [1.82, 2.24) is 4.90 Å². The van der Waals surface area contributed by atoms with Gasteiger partial charge in [0.25, 0.3) is 5.91 Å². The van der Waals surface area contributed by atoms with Gasteiger partial charge < -0.3 is 14.5 Å². The van der Waals surface area contributed by atoms with Gasteiger partial charge in [-0.2, -0.15) is 0 Å². The van der Waals surface area contributed by atoms with Gasteiger partial charge in [0.1, 0.15) is 5.82 Å². The highest BCUT2D eigenvalue weighted by atomic mass is 35.5. The number of morpholine rings is 1. The van der Waals surface area contributed by atoms with Crippen LogP contribution in [0.3, 0.4) is 0 Å².